The standard InChI is InChI=1S/C24H22N2O5S/c1-30-19-13-11-18(12-14-19)26(31-16-17-7-3-2-4-8-17)23(24(28)29)22(15-27)32-21-10-6-5-9-20(21)25/h2-14,23H,16,25H2,1H3,(H,28,29). The first kappa shape index (κ1) is 23.0. The summed E-state index contributed by atoms with van der Waals surface area (Å²) in [5.74, 6) is 1.11. The lowest BCUT2D eigenvalue weighted by Crippen LogP contribution is -2.42. The Kier molecular flexibility index (Phi) is 7.94. The summed E-state index contributed by atoms with van der Waals surface area (Å²) in [6.07, 6.45) is 0. The second-order valence-electron chi connectivity index (χ2n) is 6.63. The summed E-state index contributed by atoms with van der Waals surface area (Å²) in [6.45, 7) is 0.0981. The first-order valence-electron chi connectivity index (χ1n) is 9.63. The van der Waals surface area contributed by atoms with E-state index >= 15 is 0 Å². The Balaban J connectivity index is 1.97. The van der Waals surface area contributed by atoms with Crippen LogP contribution in [0.2, 0.25) is 0 Å². The number of hydroxylamine groups is 1. The third-order valence-electron chi connectivity index (χ3n) is 4.50. The predicted molar refractivity (Wildman–Crippen MR) is 124 cm³/mol. The number of nitrogens with zero attached hydrogens (tertiary/aromatic N) is 1. The minimum Gasteiger partial charge on any atom is -0.497 e. The number of anilines is 2. The number of para-hydroxylation sites is 1. The van der Waals surface area contributed by atoms with Crippen molar-refractivity contribution in [2.75, 3.05) is 17.9 Å². The second-order valence-corrected chi connectivity index (χ2v) is 7.71. The molecule has 0 fully saturated rings. The number of hydrogen-bond acceptors (Lipinski definition) is 7. The van der Waals surface area contributed by atoms with Gasteiger partial charge in [0.05, 0.1) is 19.4 Å². The highest BCUT2D eigenvalue weighted by Gasteiger charge is 2.33. The summed E-state index contributed by atoms with van der Waals surface area (Å²) in [7, 11) is 1.53. The first-order valence-corrected chi connectivity index (χ1v) is 10.5. The molecule has 3 aromatic rings. The van der Waals surface area contributed by atoms with Gasteiger partial charge in [-0.15, -0.1) is 0 Å². The van der Waals surface area contributed by atoms with Crippen LogP contribution in [0.1, 0.15) is 5.56 Å². The van der Waals surface area contributed by atoms with E-state index in [1.807, 2.05) is 30.3 Å². The number of ether oxygens (including phenoxy) is 1. The largest absolute Gasteiger partial charge is 0.497 e. The van der Waals surface area contributed by atoms with E-state index in [0.29, 0.717) is 22.0 Å². The van der Waals surface area contributed by atoms with Gasteiger partial charge < -0.3 is 15.6 Å². The maximum atomic E-state index is 12.3. The van der Waals surface area contributed by atoms with Crippen molar-refractivity contribution < 1.29 is 24.3 Å². The van der Waals surface area contributed by atoms with Gasteiger partial charge in [-0.3, -0.25) is 4.84 Å². The molecule has 0 saturated carbocycles. The molecular weight excluding hydrogens is 428 g/mol. The third-order valence-corrected chi connectivity index (χ3v) is 5.61. The van der Waals surface area contributed by atoms with Crippen molar-refractivity contribution in [3.8, 4) is 5.75 Å². The van der Waals surface area contributed by atoms with Gasteiger partial charge in [0, 0.05) is 10.6 Å². The number of methoxy groups -OCH3 is 1. The van der Waals surface area contributed by atoms with Crippen LogP contribution in [0.25, 0.3) is 0 Å². The highest BCUT2D eigenvalue weighted by Crippen LogP contribution is 2.35. The number of thioether (sulfide) groups is 1. The van der Waals surface area contributed by atoms with Crippen molar-refractivity contribution in [1.82, 2.24) is 0 Å². The number of nitrogen functional groups attached to an aromatic ring is 1. The molecule has 0 amide bonds. The van der Waals surface area contributed by atoms with Crippen molar-refractivity contribution in [1.29, 1.82) is 0 Å². The number of hydrogen-bond donors (Lipinski definition) is 2. The zero-order chi connectivity index (χ0) is 22.9. The molecule has 1 atom stereocenters. The van der Waals surface area contributed by atoms with Crippen LogP contribution in [-0.2, 0) is 21.0 Å². The molecule has 0 saturated heterocycles. The predicted octanol–water partition coefficient (Wildman–Crippen LogP) is 4.18. The van der Waals surface area contributed by atoms with Gasteiger partial charge in [-0.25, -0.2) is 14.7 Å². The van der Waals surface area contributed by atoms with E-state index in [1.165, 1.54) is 12.2 Å². The number of rotatable bonds is 10. The molecule has 0 aliphatic carbocycles. The minimum absolute atomic E-state index is 0.0979. The summed E-state index contributed by atoms with van der Waals surface area (Å²) in [4.78, 5) is 30.6. The molecule has 3 N–H and O–H groups in total. The molecule has 3 rings (SSSR count). The van der Waals surface area contributed by atoms with Crippen molar-refractivity contribution in [3.05, 3.63) is 89.3 Å². The summed E-state index contributed by atoms with van der Waals surface area (Å²) in [5, 5.41) is 11.3. The molecule has 164 valence electrons. The van der Waals surface area contributed by atoms with E-state index in [9.17, 15) is 14.7 Å². The molecule has 0 spiro atoms. The normalized spacial score (nSPS) is 11.3. The second kappa shape index (κ2) is 11.1. The average Bonchev–Trinajstić information content (AvgIpc) is 2.82. The Hall–Kier alpha value is -3.71. The van der Waals surface area contributed by atoms with E-state index in [2.05, 4.69) is 0 Å². The zero-order valence-electron chi connectivity index (χ0n) is 17.3. The van der Waals surface area contributed by atoms with Gasteiger partial charge in [-0.2, -0.15) is 0 Å². The topological polar surface area (TPSA) is 102 Å². The summed E-state index contributed by atoms with van der Waals surface area (Å²) in [5.41, 5.74) is 7.68. The molecule has 0 aliphatic rings. The van der Waals surface area contributed by atoms with Crippen LogP contribution >= 0.6 is 11.8 Å². The Bertz CT molecular complexity index is 1100. The molecule has 32 heavy (non-hydrogen) atoms. The molecule has 0 radical (unpaired) electrons. The molecule has 3 aromatic carbocycles. The van der Waals surface area contributed by atoms with E-state index in [-0.39, 0.29) is 11.5 Å². The molecule has 0 aromatic heterocycles. The quantitative estimate of drug-likeness (QED) is 0.205. The summed E-state index contributed by atoms with van der Waals surface area (Å²) >= 11 is 0.945. The Labute approximate surface area is 190 Å². The first-order chi connectivity index (χ1) is 15.5. The van der Waals surface area contributed by atoms with Gasteiger partial charge in [0.15, 0.2) is 6.04 Å². The van der Waals surface area contributed by atoms with Gasteiger partial charge in [0.2, 0.25) is 0 Å². The molecule has 0 aliphatic heterocycles. The van der Waals surface area contributed by atoms with Gasteiger partial charge in [0.1, 0.15) is 16.6 Å². The van der Waals surface area contributed by atoms with E-state index in [1.54, 1.807) is 54.5 Å². The highest BCUT2D eigenvalue weighted by molar-refractivity contribution is 8.03. The van der Waals surface area contributed by atoms with E-state index < -0.39 is 12.0 Å². The van der Waals surface area contributed by atoms with Crippen molar-refractivity contribution in [2.24, 2.45) is 0 Å². The fraction of sp³-hybridized carbons (Fsp3) is 0.125. The minimum atomic E-state index is -1.45. The molecule has 1 unspecified atom stereocenters. The lowest BCUT2D eigenvalue weighted by Gasteiger charge is -2.30. The number of carbonyl (C=O) groups excluding carboxylic acids is 1. The monoisotopic (exact) mass is 450 g/mol. The van der Waals surface area contributed by atoms with Crippen LogP contribution in [0, 0.1) is 0 Å². The van der Waals surface area contributed by atoms with Gasteiger partial charge in [-0.05, 0) is 42.0 Å². The number of nitrogens with two attached hydrogens (primary N) is 1. The molecule has 0 bridgehead atoms. The Morgan fingerprint density at radius 3 is 2.31 bits per heavy atom. The lowest BCUT2D eigenvalue weighted by molar-refractivity contribution is -0.139. The lowest BCUT2D eigenvalue weighted by atomic mass is 10.2. The van der Waals surface area contributed by atoms with E-state index in [0.717, 1.165) is 17.3 Å². The van der Waals surface area contributed by atoms with Crippen molar-refractivity contribution in [2.45, 2.75) is 17.5 Å². The molecule has 8 heteroatoms. The third kappa shape index (κ3) is 5.70. The van der Waals surface area contributed by atoms with Gasteiger partial charge in [-0.1, -0.05) is 54.2 Å². The van der Waals surface area contributed by atoms with Crippen LogP contribution in [0.15, 0.2) is 88.7 Å². The maximum absolute atomic E-state index is 12.3. The number of carboxylic acids is 1. The van der Waals surface area contributed by atoms with Crippen LogP contribution in [0.3, 0.4) is 0 Å². The number of carbonyl (C=O) groups is 1. The Morgan fingerprint density at radius 2 is 1.72 bits per heavy atom. The van der Waals surface area contributed by atoms with E-state index in [4.69, 9.17) is 15.3 Å². The van der Waals surface area contributed by atoms with Crippen molar-refractivity contribution in [3.63, 3.8) is 0 Å². The zero-order valence-corrected chi connectivity index (χ0v) is 18.1. The molecular formula is C24H22N2O5S. The van der Waals surface area contributed by atoms with Gasteiger partial charge >= 0.3 is 5.97 Å². The SMILES string of the molecule is COc1ccc(N(OCc2ccccc2)C(C(=O)O)C(=C=O)Sc2ccccc2N)cc1. The van der Waals surface area contributed by atoms with Crippen LogP contribution in [0.4, 0.5) is 11.4 Å². The smallest absolute Gasteiger partial charge is 0.334 e. The van der Waals surface area contributed by atoms with Crippen LogP contribution in [-0.4, -0.2) is 30.2 Å². The van der Waals surface area contributed by atoms with Crippen LogP contribution in [0.5, 0.6) is 5.75 Å². The van der Waals surface area contributed by atoms with Crippen molar-refractivity contribution >= 4 is 35.0 Å². The van der Waals surface area contributed by atoms with Gasteiger partial charge in [0.25, 0.3) is 0 Å². The fourth-order valence-electron chi connectivity index (χ4n) is 2.89. The average molecular weight is 451 g/mol. The molecule has 7 nitrogen and oxygen atoms in total. The maximum Gasteiger partial charge on any atom is 0.334 e. The summed E-state index contributed by atoms with van der Waals surface area (Å²) < 4.78 is 5.19. The number of carboxylic acid groups (broad SMARTS) is 1. The summed E-state index contributed by atoms with van der Waals surface area (Å²) in [6, 6.07) is 21.4. The number of benzene rings is 3. The number of aliphatic carboxylic acids is 1. The highest BCUT2D eigenvalue weighted by atomic mass is 32.2. The van der Waals surface area contributed by atoms with Crippen LogP contribution < -0.4 is 15.5 Å². The Morgan fingerprint density at radius 1 is 1.06 bits per heavy atom. The fourth-order valence-corrected chi connectivity index (χ4v) is 3.81. The molecule has 0 heterocycles.